The van der Waals surface area contributed by atoms with Crippen LogP contribution in [0.25, 0.3) is 0 Å². The quantitative estimate of drug-likeness (QED) is 0.919. The lowest BCUT2D eigenvalue weighted by atomic mass is 10.1. The fourth-order valence-electron chi connectivity index (χ4n) is 2.63. The molecular formula is C17H13ClF2N2O2. The Labute approximate surface area is 142 Å². The molecule has 3 rings (SSSR count). The Morgan fingerprint density at radius 2 is 2.00 bits per heavy atom. The third kappa shape index (κ3) is 3.38. The smallest absolute Gasteiger partial charge is 0.229 e. The second kappa shape index (κ2) is 6.57. The molecule has 124 valence electrons. The lowest BCUT2D eigenvalue weighted by Crippen LogP contribution is -2.28. The van der Waals surface area contributed by atoms with Crippen molar-refractivity contribution in [3.8, 4) is 0 Å². The molecule has 0 aliphatic carbocycles. The molecule has 1 aliphatic rings. The molecule has 1 aliphatic heterocycles. The van der Waals surface area contributed by atoms with Crippen LogP contribution in [0.15, 0.2) is 42.5 Å². The maximum atomic E-state index is 13.8. The summed E-state index contributed by atoms with van der Waals surface area (Å²) in [7, 11) is 0. The standard InChI is InChI=1S/C17H13ClF2N2O2/c18-11-2-1-3-13(7-11)21-17(24)10-6-16(23)22(9-10)15-5-4-12(19)8-14(15)20/h1-5,7-8,10H,6,9H2,(H,21,24). The largest absolute Gasteiger partial charge is 0.326 e. The van der Waals surface area contributed by atoms with Crippen molar-refractivity contribution in [2.75, 3.05) is 16.8 Å². The molecule has 1 unspecified atom stereocenters. The van der Waals surface area contributed by atoms with E-state index in [1.165, 1.54) is 6.07 Å². The average molecular weight is 351 g/mol. The van der Waals surface area contributed by atoms with Crippen LogP contribution in [0.4, 0.5) is 20.2 Å². The van der Waals surface area contributed by atoms with Gasteiger partial charge in [-0.25, -0.2) is 8.78 Å². The zero-order valence-electron chi connectivity index (χ0n) is 12.4. The number of carbonyl (C=O) groups excluding carboxylic acids is 2. The number of hydrogen-bond donors (Lipinski definition) is 1. The van der Waals surface area contributed by atoms with E-state index < -0.39 is 17.6 Å². The van der Waals surface area contributed by atoms with Crippen molar-refractivity contribution >= 4 is 34.8 Å². The molecular weight excluding hydrogens is 338 g/mol. The molecule has 24 heavy (non-hydrogen) atoms. The Bertz CT molecular complexity index is 813. The molecule has 1 atom stereocenters. The van der Waals surface area contributed by atoms with Crippen LogP contribution < -0.4 is 10.2 Å². The molecule has 0 spiro atoms. The monoisotopic (exact) mass is 350 g/mol. The van der Waals surface area contributed by atoms with Crippen LogP contribution in [-0.2, 0) is 9.59 Å². The van der Waals surface area contributed by atoms with Crippen molar-refractivity contribution in [1.29, 1.82) is 0 Å². The molecule has 2 aromatic rings. The summed E-state index contributed by atoms with van der Waals surface area (Å²) in [5.74, 6) is -2.92. The second-order valence-electron chi connectivity index (χ2n) is 5.50. The number of benzene rings is 2. The van der Waals surface area contributed by atoms with Gasteiger partial charge in [0.05, 0.1) is 11.6 Å². The van der Waals surface area contributed by atoms with Gasteiger partial charge in [-0.15, -0.1) is 0 Å². The van der Waals surface area contributed by atoms with Gasteiger partial charge in [0.25, 0.3) is 0 Å². The second-order valence-corrected chi connectivity index (χ2v) is 5.94. The van der Waals surface area contributed by atoms with Crippen molar-refractivity contribution in [3.05, 3.63) is 59.1 Å². The van der Waals surface area contributed by atoms with Crippen LogP contribution in [0.5, 0.6) is 0 Å². The van der Waals surface area contributed by atoms with Gasteiger partial charge in [-0.3, -0.25) is 9.59 Å². The summed E-state index contributed by atoms with van der Waals surface area (Å²) in [5, 5.41) is 3.16. The first-order valence-electron chi connectivity index (χ1n) is 7.26. The van der Waals surface area contributed by atoms with Gasteiger partial charge in [0, 0.05) is 29.7 Å². The first kappa shape index (κ1) is 16.4. The summed E-state index contributed by atoms with van der Waals surface area (Å²) in [4.78, 5) is 25.6. The summed E-state index contributed by atoms with van der Waals surface area (Å²) >= 11 is 5.86. The molecule has 1 saturated heterocycles. The van der Waals surface area contributed by atoms with Gasteiger partial charge in [0.1, 0.15) is 11.6 Å². The molecule has 7 heteroatoms. The lowest BCUT2D eigenvalue weighted by Gasteiger charge is -2.17. The van der Waals surface area contributed by atoms with Gasteiger partial charge in [-0.05, 0) is 30.3 Å². The van der Waals surface area contributed by atoms with Crippen molar-refractivity contribution < 1.29 is 18.4 Å². The summed E-state index contributed by atoms with van der Waals surface area (Å²) in [6.45, 7) is 0.0355. The lowest BCUT2D eigenvalue weighted by molar-refractivity contribution is -0.122. The Morgan fingerprint density at radius 3 is 2.71 bits per heavy atom. The maximum absolute atomic E-state index is 13.8. The van der Waals surface area contributed by atoms with E-state index in [0.29, 0.717) is 16.8 Å². The summed E-state index contributed by atoms with van der Waals surface area (Å²) in [5.41, 5.74) is 0.491. The van der Waals surface area contributed by atoms with E-state index in [2.05, 4.69) is 5.32 Å². The van der Waals surface area contributed by atoms with E-state index in [0.717, 1.165) is 11.0 Å². The zero-order chi connectivity index (χ0) is 17.3. The highest BCUT2D eigenvalue weighted by atomic mass is 35.5. The van der Waals surface area contributed by atoms with Gasteiger partial charge < -0.3 is 10.2 Å². The molecule has 1 fully saturated rings. The maximum Gasteiger partial charge on any atom is 0.229 e. The van der Waals surface area contributed by atoms with E-state index in [1.807, 2.05) is 0 Å². The Morgan fingerprint density at radius 1 is 1.21 bits per heavy atom. The topological polar surface area (TPSA) is 49.4 Å². The highest BCUT2D eigenvalue weighted by Gasteiger charge is 2.36. The van der Waals surface area contributed by atoms with Crippen molar-refractivity contribution in [2.45, 2.75) is 6.42 Å². The Balaban J connectivity index is 1.73. The van der Waals surface area contributed by atoms with Crippen LogP contribution >= 0.6 is 11.6 Å². The van der Waals surface area contributed by atoms with Gasteiger partial charge in [-0.1, -0.05) is 17.7 Å². The molecule has 2 amide bonds. The van der Waals surface area contributed by atoms with Crippen LogP contribution in [0, 0.1) is 17.6 Å². The highest BCUT2D eigenvalue weighted by Crippen LogP contribution is 2.28. The minimum Gasteiger partial charge on any atom is -0.326 e. The third-order valence-electron chi connectivity index (χ3n) is 3.79. The molecule has 4 nitrogen and oxygen atoms in total. The minimum atomic E-state index is -0.834. The molecule has 0 aromatic heterocycles. The predicted molar refractivity (Wildman–Crippen MR) is 86.9 cm³/mol. The van der Waals surface area contributed by atoms with E-state index in [1.54, 1.807) is 24.3 Å². The Hall–Kier alpha value is -2.47. The number of anilines is 2. The normalized spacial score (nSPS) is 17.2. The van der Waals surface area contributed by atoms with Crippen molar-refractivity contribution in [2.24, 2.45) is 5.92 Å². The fourth-order valence-corrected chi connectivity index (χ4v) is 2.82. The third-order valence-corrected chi connectivity index (χ3v) is 4.02. The number of nitrogens with zero attached hydrogens (tertiary/aromatic N) is 1. The van der Waals surface area contributed by atoms with Gasteiger partial charge in [0.2, 0.25) is 11.8 Å². The molecule has 1 N–H and O–H groups in total. The minimum absolute atomic E-state index is 0.0283. The van der Waals surface area contributed by atoms with Crippen molar-refractivity contribution in [3.63, 3.8) is 0 Å². The van der Waals surface area contributed by atoms with Crippen LogP contribution in [0.1, 0.15) is 6.42 Å². The van der Waals surface area contributed by atoms with Crippen LogP contribution in [0.3, 0.4) is 0 Å². The molecule has 0 saturated carbocycles. The van der Waals surface area contributed by atoms with E-state index >= 15 is 0 Å². The first-order valence-corrected chi connectivity index (χ1v) is 7.63. The number of carbonyl (C=O) groups is 2. The van der Waals surface area contributed by atoms with Gasteiger partial charge >= 0.3 is 0 Å². The highest BCUT2D eigenvalue weighted by molar-refractivity contribution is 6.30. The van der Waals surface area contributed by atoms with Gasteiger partial charge in [0.15, 0.2) is 0 Å². The van der Waals surface area contributed by atoms with Crippen LogP contribution in [0.2, 0.25) is 5.02 Å². The van der Waals surface area contributed by atoms with Crippen LogP contribution in [-0.4, -0.2) is 18.4 Å². The summed E-state index contributed by atoms with van der Waals surface area (Å²) in [6, 6.07) is 9.62. The van der Waals surface area contributed by atoms with E-state index in [-0.39, 0.29) is 30.5 Å². The first-order chi connectivity index (χ1) is 11.4. The summed E-state index contributed by atoms with van der Waals surface area (Å²) in [6.07, 6.45) is -0.0385. The van der Waals surface area contributed by atoms with E-state index in [9.17, 15) is 18.4 Å². The van der Waals surface area contributed by atoms with Crippen molar-refractivity contribution in [1.82, 2.24) is 0 Å². The molecule has 1 heterocycles. The number of hydrogen-bond acceptors (Lipinski definition) is 2. The van der Waals surface area contributed by atoms with E-state index in [4.69, 9.17) is 11.6 Å². The predicted octanol–water partition coefficient (Wildman–Crippen LogP) is 3.61. The average Bonchev–Trinajstić information content (AvgIpc) is 2.89. The summed E-state index contributed by atoms with van der Waals surface area (Å²) < 4.78 is 26.8. The number of nitrogens with one attached hydrogen (secondary N) is 1. The SMILES string of the molecule is O=C(Nc1cccc(Cl)c1)C1CC(=O)N(c2ccc(F)cc2F)C1. The Kier molecular flexibility index (Phi) is 4.49. The fraction of sp³-hybridized carbons (Fsp3) is 0.176. The molecule has 0 bridgehead atoms. The molecule has 2 aromatic carbocycles. The van der Waals surface area contributed by atoms with Gasteiger partial charge in [-0.2, -0.15) is 0 Å². The number of halogens is 3. The zero-order valence-corrected chi connectivity index (χ0v) is 13.2. The number of amides is 2. The molecule has 0 radical (unpaired) electrons. The number of rotatable bonds is 3.